The van der Waals surface area contributed by atoms with Gasteiger partial charge in [-0.25, -0.2) is 4.79 Å². The van der Waals surface area contributed by atoms with Gasteiger partial charge in [-0.2, -0.15) is 0 Å². The summed E-state index contributed by atoms with van der Waals surface area (Å²) in [7, 11) is 1.53. The summed E-state index contributed by atoms with van der Waals surface area (Å²) >= 11 is 0. The summed E-state index contributed by atoms with van der Waals surface area (Å²) in [5, 5.41) is 22.0. The van der Waals surface area contributed by atoms with Crippen LogP contribution in [0.25, 0.3) is 0 Å². The molecule has 1 heterocycles. The van der Waals surface area contributed by atoms with Gasteiger partial charge < -0.3 is 20.3 Å². The Morgan fingerprint density at radius 1 is 1.53 bits per heavy atom. The maximum Gasteiger partial charge on any atom is 0.339 e. The molecule has 0 radical (unpaired) electrons. The minimum atomic E-state index is -1.12. The topological polar surface area (TPSA) is 78.8 Å². The second-order valence-corrected chi connectivity index (χ2v) is 4.90. The van der Waals surface area contributed by atoms with E-state index in [9.17, 15) is 9.90 Å². The van der Waals surface area contributed by atoms with E-state index in [1.54, 1.807) is 0 Å². The molecule has 1 aliphatic rings. The minimum absolute atomic E-state index is 0.0698. The number of hydrogen-bond acceptors (Lipinski definition) is 4. The van der Waals surface area contributed by atoms with Crippen LogP contribution in [0.2, 0.25) is 0 Å². The quantitative estimate of drug-likeness (QED) is 0.771. The fraction of sp³-hybridized carbons (Fsp3) is 0.500. The molecule has 1 aliphatic heterocycles. The van der Waals surface area contributed by atoms with Crippen LogP contribution in [0.15, 0.2) is 12.1 Å². The van der Waals surface area contributed by atoms with Crippen LogP contribution in [-0.2, 0) is 6.42 Å². The zero-order valence-corrected chi connectivity index (χ0v) is 11.0. The number of aromatic hydroxyl groups is 1. The van der Waals surface area contributed by atoms with Gasteiger partial charge in [-0.3, -0.25) is 0 Å². The lowest BCUT2D eigenvalue weighted by atomic mass is 9.91. The molecule has 0 aliphatic carbocycles. The van der Waals surface area contributed by atoms with Crippen LogP contribution >= 0.6 is 0 Å². The summed E-state index contributed by atoms with van der Waals surface area (Å²) < 4.78 is 5.23. The number of carboxylic acid groups (broad SMARTS) is 1. The highest BCUT2D eigenvalue weighted by molar-refractivity contribution is 5.91. The Balaban J connectivity index is 2.26. The number of nitrogens with one attached hydrogen (secondary N) is 1. The predicted octanol–water partition coefficient (Wildman–Crippen LogP) is 1.64. The number of benzene rings is 1. The molecular formula is C14H19NO4. The molecule has 2 rings (SSSR count). The van der Waals surface area contributed by atoms with Crippen molar-refractivity contribution in [3.8, 4) is 11.5 Å². The molecule has 5 nitrogen and oxygen atoms in total. The molecule has 0 bridgehead atoms. The number of carbonyl (C=O) groups is 1. The van der Waals surface area contributed by atoms with Crippen molar-refractivity contribution >= 4 is 5.97 Å². The van der Waals surface area contributed by atoms with Crippen molar-refractivity contribution in [2.24, 2.45) is 5.92 Å². The number of ether oxygens (including phenoxy) is 1. The van der Waals surface area contributed by atoms with Crippen LogP contribution in [0.5, 0.6) is 11.5 Å². The Bertz CT molecular complexity index is 467. The molecule has 0 aromatic heterocycles. The smallest absolute Gasteiger partial charge is 0.339 e. The van der Waals surface area contributed by atoms with Crippen LogP contribution in [0, 0.1) is 5.92 Å². The van der Waals surface area contributed by atoms with Gasteiger partial charge in [-0.15, -0.1) is 0 Å². The van der Waals surface area contributed by atoms with E-state index in [2.05, 4.69) is 5.32 Å². The first-order valence-corrected chi connectivity index (χ1v) is 6.45. The minimum Gasteiger partial charge on any atom is -0.507 e. The average Bonchev–Trinajstić information content (AvgIpc) is 2.41. The van der Waals surface area contributed by atoms with Crippen LogP contribution in [0.4, 0.5) is 0 Å². The van der Waals surface area contributed by atoms with Gasteiger partial charge in [0.1, 0.15) is 17.1 Å². The molecule has 1 atom stereocenters. The van der Waals surface area contributed by atoms with Crippen molar-refractivity contribution in [2.45, 2.75) is 19.3 Å². The number of phenols is 1. The SMILES string of the molecule is COc1cc(O)c(C(=O)O)cc1CC1CCCNC1. The third-order valence-electron chi connectivity index (χ3n) is 3.54. The Hall–Kier alpha value is -1.75. The fourth-order valence-electron chi connectivity index (χ4n) is 2.54. The number of piperidine rings is 1. The van der Waals surface area contributed by atoms with Crippen LogP contribution in [-0.4, -0.2) is 36.4 Å². The van der Waals surface area contributed by atoms with Gasteiger partial charge in [0.2, 0.25) is 0 Å². The van der Waals surface area contributed by atoms with E-state index in [4.69, 9.17) is 9.84 Å². The lowest BCUT2D eigenvalue weighted by molar-refractivity contribution is 0.0693. The van der Waals surface area contributed by atoms with Crippen molar-refractivity contribution in [1.29, 1.82) is 0 Å². The average molecular weight is 265 g/mol. The summed E-state index contributed by atoms with van der Waals surface area (Å²) in [4.78, 5) is 11.1. The van der Waals surface area contributed by atoms with E-state index in [1.165, 1.54) is 19.2 Å². The molecule has 0 spiro atoms. The highest BCUT2D eigenvalue weighted by Crippen LogP contribution is 2.31. The van der Waals surface area contributed by atoms with Gasteiger partial charge in [-0.05, 0) is 49.9 Å². The molecule has 1 aromatic rings. The Labute approximate surface area is 112 Å². The molecule has 3 N–H and O–H groups in total. The van der Waals surface area contributed by atoms with Crippen LogP contribution in [0.1, 0.15) is 28.8 Å². The molecule has 0 saturated carbocycles. The van der Waals surface area contributed by atoms with E-state index < -0.39 is 5.97 Å². The molecule has 1 saturated heterocycles. The number of carboxylic acids is 1. The Morgan fingerprint density at radius 3 is 2.89 bits per heavy atom. The van der Waals surface area contributed by atoms with E-state index in [0.29, 0.717) is 11.7 Å². The maximum atomic E-state index is 11.1. The van der Waals surface area contributed by atoms with Crippen molar-refractivity contribution < 1.29 is 19.7 Å². The zero-order valence-electron chi connectivity index (χ0n) is 11.0. The molecule has 19 heavy (non-hydrogen) atoms. The second-order valence-electron chi connectivity index (χ2n) is 4.90. The third kappa shape index (κ3) is 3.17. The van der Waals surface area contributed by atoms with E-state index in [1.807, 2.05) is 0 Å². The first-order chi connectivity index (χ1) is 9.11. The lowest BCUT2D eigenvalue weighted by Crippen LogP contribution is -2.30. The lowest BCUT2D eigenvalue weighted by Gasteiger charge is -2.23. The second kappa shape index (κ2) is 5.93. The van der Waals surface area contributed by atoms with Crippen molar-refractivity contribution in [3.05, 3.63) is 23.3 Å². The van der Waals surface area contributed by atoms with Gasteiger partial charge in [0.15, 0.2) is 0 Å². The fourth-order valence-corrected chi connectivity index (χ4v) is 2.54. The normalized spacial score (nSPS) is 19.1. The first-order valence-electron chi connectivity index (χ1n) is 6.45. The summed E-state index contributed by atoms with van der Waals surface area (Å²) in [5.74, 6) is -0.347. The predicted molar refractivity (Wildman–Crippen MR) is 70.9 cm³/mol. The number of aromatic carboxylic acids is 1. The van der Waals surface area contributed by atoms with Gasteiger partial charge in [0.05, 0.1) is 7.11 Å². The molecule has 104 valence electrons. The summed E-state index contributed by atoms with van der Waals surface area (Å²) in [6, 6.07) is 2.90. The monoisotopic (exact) mass is 265 g/mol. The third-order valence-corrected chi connectivity index (χ3v) is 3.54. The Morgan fingerprint density at radius 2 is 2.32 bits per heavy atom. The summed E-state index contributed by atoms with van der Waals surface area (Å²) in [5.41, 5.74) is 0.769. The van der Waals surface area contributed by atoms with E-state index >= 15 is 0 Å². The first kappa shape index (κ1) is 13.7. The van der Waals surface area contributed by atoms with Gasteiger partial charge in [0, 0.05) is 6.07 Å². The molecular weight excluding hydrogens is 246 g/mol. The maximum absolute atomic E-state index is 11.1. The van der Waals surface area contributed by atoms with E-state index in [-0.39, 0.29) is 11.3 Å². The molecule has 5 heteroatoms. The summed E-state index contributed by atoms with van der Waals surface area (Å²) in [6.07, 6.45) is 3.02. The zero-order chi connectivity index (χ0) is 13.8. The largest absolute Gasteiger partial charge is 0.507 e. The van der Waals surface area contributed by atoms with Crippen molar-refractivity contribution in [1.82, 2.24) is 5.32 Å². The van der Waals surface area contributed by atoms with Gasteiger partial charge >= 0.3 is 5.97 Å². The number of hydrogen-bond donors (Lipinski definition) is 3. The van der Waals surface area contributed by atoms with E-state index in [0.717, 1.165) is 37.9 Å². The van der Waals surface area contributed by atoms with Crippen LogP contribution in [0.3, 0.4) is 0 Å². The highest BCUT2D eigenvalue weighted by Gasteiger charge is 2.19. The number of rotatable bonds is 4. The van der Waals surface area contributed by atoms with Gasteiger partial charge in [0.25, 0.3) is 0 Å². The molecule has 1 aromatic carbocycles. The number of methoxy groups -OCH3 is 1. The Kier molecular flexibility index (Phi) is 4.27. The molecule has 0 amide bonds. The van der Waals surface area contributed by atoms with Gasteiger partial charge in [-0.1, -0.05) is 0 Å². The van der Waals surface area contributed by atoms with Crippen LogP contribution < -0.4 is 10.1 Å². The highest BCUT2D eigenvalue weighted by atomic mass is 16.5. The summed E-state index contributed by atoms with van der Waals surface area (Å²) in [6.45, 7) is 1.98. The van der Waals surface area contributed by atoms with Crippen molar-refractivity contribution in [2.75, 3.05) is 20.2 Å². The molecule has 1 fully saturated rings. The van der Waals surface area contributed by atoms with Crippen molar-refractivity contribution in [3.63, 3.8) is 0 Å². The standard InChI is InChI=1S/C14H19NO4/c1-19-13-7-12(16)11(14(17)18)6-10(13)5-9-3-2-4-15-8-9/h6-7,9,15-16H,2-5,8H2,1H3,(H,17,18). The molecule has 1 unspecified atom stereocenters.